The van der Waals surface area contributed by atoms with Crippen LogP contribution in [0.3, 0.4) is 0 Å². The molecule has 2 N–H and O–H groups in total. The van der Waals surface area contributed by atoms with E-state index in [1.54, 1.807) is 0 Å². The van der Waals surface area contributed by atoms with Crippen molar-refractivity contribution in [3.8, 4) is 11.5 Å². The molecular formula is C24H24F3N3O3. The van der Waals surface area contributed by atoms with Gasteiger partial charge in [-0.1, -0.05) is 30.3 Å². The minimum absolute atomic E-state index is 0.159. The van der Waals surface area contributed by atoms with E-state index in [4.69, 9.17) is 4.74 Å². The lowest BCUT2D eigenvalue weighted by Gasteiger charge is -2.37. The summed E-state index contributed by atoms with van der Waals surface area (Å²) >= 11 is 0. The van der Waals surface area contributed by atoms with Crippen molar-refractivity contribution in [3.05, 3.63) is 59.2 Å². The van der Waals surface area contributed by atoms with Crippen molar-refractivity contribution >= 4 is 11.8 Å². The quantitative estimate of drug-likeness (QED) is 0.690. The summed E-state index contributed by atoms with van der Waals surface area (Å²) in [4.78, 5) is 27.6. The molecule has 3 aliphatic rings. The number of likely N-dealkylation sites (N-methyl/N-ethyl adjacent to an activating group) is 1. The predicted molar refractivity (Wildman–Crippen MR) is 114 cm³/mol. The highest BCUT2D eigenvalue weighted by Gasteiger charge is 2.46. The first-order valence-corrected chi connectivity index (χ1v) is 11.0. The highest BCUT2D eigenvalue weighted by Crippen LogP contribution is 2.44. The van der Waals surface area contributed by atoms with E-state index in [1.807, 2.05) is 47.8 Å². The van der Waals surface area contributed by atoms with Crippen LogP contribution in [0.1, 0.15) is 41.5 Å². The number of likely N-dealkylation sites (tertiary alicyclic amines) is 1. The standard InChI is InChI=1S/C24H24F3N3O3/c1-30-11-14(12-30)13-6-7-16-19(10-13)33-18-5-3-2-4-15(18)21(16)29-23(32)17-8-9-20(24(25,26)27)28-22(17)31/h2-7,10,14,17,20-21H,8-9,11-12H2,1H3,(H,28,31)(H,29,32). The molecule has 33 heavy (non-hydrogen) atoms. The average Bonchev–Trinajstić information content (AvgIpc) is 2.75. The Labute approximate surface area is 189 Å². The van der Waals surface area contributed by atoms with Gasteiger partial charge in [0, 0.05) is 30.1 Å². The zero-order chi connectivity index (χ0) is 23.3. The molecular weight excluding hydrogens is 435 g/mol. The molecule has 0 bridgehead atoms. The maximum atomic E-state index is 13.0. The molecule has 2 amide bonds. The molecule has 9 heteroatoms. The van der Waals surface area contributed by atoms with Gasteiger partial charge in [0.2, 0.25) is 11.8 Å². The van der Waals surface area contributed by atoms with Crippen LogP contribution in [-0.2, 0) is 9.59 Å². The minimum Gasteiger partial charge on any atom is -0.457 e. The van der Waals surface area contributed by atoms with Gasteiger partial charge in [0.1, 0.15) is 23.5 Å². The Hall–Kier alpha value is -3.07. The number of hydrogen-bond acceptors (Lipinski definition) is 4. The summed E-state index contributed by atoms with van der Waals surface area (Å²) in [5, 5.41) is 4.85. The number of nitrogens with one attached hydrogen (secondary N) is 2. The lowest BCUT2D eigenvalue weighted by atomic mass is 9.87. The summed E-state index contributed by atoms with van der Waals surface area (Å²) in [6, 6.07) is 10.8. The van der Waals surface area contributed by atoms with Gasteiger partial charge in [-0.25, -0.2) is 0 Å². The van der Waals surface area contributed by atoms with Crippen LogP contribution in [0.15, 0.2) is 42.5 Å². The molecule has 6 nitrogen and oxygen atoms in total. The zero-order valence-corrected chi connectivity index (χ0v) is 18.0. The second-order valence-corrected chi connectivity index (χ2v) is 9.03. The molecule has 0 saturated carbocycles. The number of alkyl halides is 3. The van der Waals surface area contributed by atoms with E-state index in [0.717, 1.165) is 29.8 Å². The first-order valence-electron chi connectivity index (χ1n) is 11.0. The Morgan fingerprint density at radius 1 is 1.09 bits per heavy atom. The third kappa shape index (κ3) is 4.06. The topological polar surface area (TPSA) is 70.7 Å². The van der Waals surface area contributed by atoms with Gasteiger partial charge in [-0.05, 0) is 37.6 Å². The van der Waals surface area contributed by atoms with Gasteiger partial charge < -0.3 is 20.3 Å². The van der Waals surface area contributed by atoms with Crippen molar-refractivity contribution in [2.45, 2.75) is 37.0 Å². The van der Waals surface area contributed by atoms with E-state index < -0.39 is 36.0 Å². The zero-order valence-electron chi connectivity index (χ0n) is 18.0. The first kappa shape index (κ1) is 21.8. The molecule has 5 rings (SSSR count). The van der Waals surface area contributed by atoms with E-state index >= 15 is 0 Å². The number of carbonyl (C=O) groups is 2. The second-order valence-electron chi connectivity index (χ2n) is 9.03. The predicted octanol–water partition coefficient (Wildman–Crippen LogP) is 3.48. The number of nitrogens with zero attached hydrogens (tertiary/aromatic N) is 1. The summed E-state index contributed by atoms with van der Waals surface area (Å²) in [6.45, 7) is 1.93. The summed E-state index contributed by atoms with van der Waals surface area (Å²) < 4.78 is 45.0. The minimum atomic E-state index is -4.53. The third-order valence-electron chi connectivity index (χ3n) is 6.71. The average molecular weight is 459 g/mol. The number of halogens is 3. The number of para-hydroxylation sites is 1. The molecule has 2 aromatic rings. The van der Waals surface area contributed by atoms with E-state index in [9.17, 15) is 22.8 Å². The number of piperidine rings is 1. The van der Waals surface area contributed by atoms with Gasteiger partial charge in [-0.15, -0.1) is 0 Å². The number of fused-ring (bicyclic) bond motifs is 2. The molecule has 0 aliphatic carbocycles. The van der Waals surface area contributed by atoms with Crippen LogP contribution < -0.4 is 15.4 Å². The molecule has 2 fully saturated rings. The van der Waals surface area contributed by atoms with E-state index in [2.05, 4.69) is 17.3 Å². The van der Waals surface area contributed by atoms with Crippen LogP contribution in [0.5, 0.6) is 11.5 Å². The maximum Gasteiger partial charge on any atom is 0.408 e. The fourth-order valence-corrected chi connectivity index (χ4v) is 4.84. The summed E-state index contributed by atoms with van der Waals surface area (Å²) in [5.74, 6) is -1.01. The van der Waals surface area contributed by atoms with Crippen LogP contribution in [0.4, 0.5) is 13.2 Å². The Kier molecular flexibility index (Phi) is 5.31. The fourth-order valence-electron chi connectivity index (χ4n) is 4.84. The normalized spacial score (nSPS) is 25.2. The molecule has 3 unspecified atom stereocenters. The summed E-state index contributed by atoms with van der Waals surface area (Å²) in [6.07, 6.45) is -5.01. The van der Waals surface area contributed by atoms with Crippen LogP contribution in [-0.4, -0.2) is 49.1 Å². The largest absolute Gasteiger partial charge is 0.457 e. The molecule has 174 valence electrons. The lowest BCUT2D eigenvalue weighted by molar-refractivity contribution is -0.171. The first-order chi connectivity index (χ1) is 15.7. The van der Waals surface area contributed by atoms with Gasteiger partial charge >= 0.3 is 6.18 Å². The maximum absolute atomic E-state index is 13.0. The Balaban J connectivity index is 1.39. The van der Waals surface area contributed by atoms with Gasteiger partial charge in [0.15, 0.2) is 0 Å². The SMILES string of the molecule is CN1CC(c2ccc3c(c2)Oc2ccccc2C3NC(=O)C2CCC(C(F)(F)F)NC2=O)C1. The molecule has 3 atom stereocenters. The van der Waals surface area contributed by atoms with Crippen molar-refractivity contribution in [2.24, 2.45) is 5.92 Å². The number of ether oxygens (including phenoxy) is 1. The van der Waals surface area contributed by atoms with Crippen LogP contribution in [0.25, 0.3) is 0 Å². The lowest BCUT2D eigenvalue weighted by Crippen LogP contribution is -2.54. The van der Waals surface area contributed by atoms with E-state index in [1.165, 1.54) is 0 Å². The number of hydrogen-bond donors (Lipinski definition) is 2. The highest BCUT2D eigenvalue weighted by atomic mass is 19.4. The highest BCUT2D eigenvalue weighted by molar-refractivity contribution is 6.01. The third-order valence-corrected chi connectivity index (χ3v) is 6.71. The Morgan fingerprint density at radius 3 is 2.52 bits per heavy atom. The summed E-state index contributed by atoms with van der Waals surface area (Å²) in [5.41, 5.74) is 2.64. The molecule has 3 aliphatic heterocycles. The Morgan fingerprint density at radius 2 is 1.82 bits per heavy atom. The van der Waals surface area contributed by atoms with Crippen molar-refractivity contribution in [1.29, 1.82) is 0 Å². The van der Waals surface area contributed by atoms with Crippen LogP contribution >= 0.6 is 0 Å². The number of amides is 2. The molecule has 0 radical (unpaired) electrons. The molecule has 0 aromatic heterocycles. The Bertz CT molecular complexity index is 1100. The van der Waals surface area contributed by atoms with Crippen molar-refractivity contribution < 1.29 is 27.5 Å². The second kappa shape index (κ2) is 8.06. The van der Waals surface area contributed by atoms with Crippen LogP contribution in [0, 0.1) is 5.92 Å². The van der Waals surface area contributed by atoms with Crippen molar-refractivity contribution in [3.63, 3.8) is 0 Å². The van der Waals surface area contributed by atoms with Crippen LogP contribution in [0.2, 0.25) is 0 Å². The van der Waals surface area contributed by atoms with Gasteiger partial charge in [-0.2, -0.15) is 13.2 Å². The van der Waals surface area contributed by atoms with Crippen molar-refractivity contribution in [1.82, 2.24) is 15.5 Å². The smallest absolute Gasteiger partial charge is 0.408 e. The van der Waals surface area contributed by atoms with E-state index in [0.29, 0.717) is 17.4 Å². The van der Waals surface area contributed by atoms with Gasteiger partial charge in [-0.3, -0.25) is 9.59 Å². The van der Waals surface area contributed by atoms with Gasteiger partial charge in [0.05, 0.1) is 6.04 Å². The van der Waals surface area contributed by atoms with Crippen molar-refractivity contribution in [2.75, 3.05) is 20.1 Å². The number of rotatable bonds is 3. The molecule has 3 heterocycles. The molecule has 0 spiro atoms. The fraction of sp³-hybridized carbons (Fsp3) is 0.417. The number of benzene rings is 2. The van der Waals surface area contributed by atoms with E-state index in [-0.39, 0.29) is 12.8 Å². The molecule has 2 aromatic carbocycles. The monoisotopic (exact) mass is 459 g/mol. The molecule has 2 saturated heterocycles. The van der Waals surface area contributed by atoms with Gasteiger partial charge in [0.25, 0.3) is 0 Å². The number of carbonyl (C=O) groups excluding carboxylic acids is 2. The summed E-state index contributed by atoms with van der Waals surface area (Å²) in [7, 11) is 2.06.